The molecule has 0 atom stereocenters. The van der Waals surface area contributed by atoms with Crippen LogP contribution in [0.4, 0.5) is 0 Å². The van der Waals surface area contributed by atoms with Gasteiger partial charge in [0.05, 0.1) is 5.71 Å². The Morgan fingerprint density at radius 3 is 2.22 bits per heavy atom. The third kappa shape index (κ3) is 2.35. The Balaban J connectivity index is 4.14. The molecule has 0 aliphatic carbocycles. The number of oxime groups is 1. The molecule has 9 heavy (non-hydrogen) atoms. The predicted molar refractivity (Wildman–Crippen MR) is 42.5 cm³/mol. The molecule has 0 aliphatic rings. The highest BCUT2D eigenvalue weighted by Gasteiger charge is 2.19. The van der Waals surface area contributed by atoms with Crippen LogP contribution in [0.15, 0.2) is 5.16 Å². The van der Waals surface area contributed by atoms with Gasteiger partial charge in [-0.15, -0.1) is 0 Å². The summed E-state index contributed by atoms with van der Waals surface area (Å²) in [6, 6.07) is 0. The van der Waals surface area contributed by atoms with Crippen LogP contribution in [0.1, 0.15) is 20.8 Å². The van der Waals surface area contributed by atoms with E-state index in [1.54, 1.807) is 6.92 Å². The van der Waals surface area contributed by atoms with Crippen LogP contribution >= 0.6 is 15.9 Å². The third-order valence-electron chi connectivity index (χ3n) is 1.46. The summed E-state index contributed by atoms with van der Waals surface area (Å²) in [5, 5.41) is 12.3. The Bertz CT molecular complexity index is 120. The first-order valence-electron chi connectivity index (χ1n) is 2.79. The summed E-state index contributed by atoms with van der Waals surface area (Å²) in [7, 11) is 0. The van der Waals surface area contributed by atoms with Crippen molar-refractivity contribution in [3.8, 4) is 0 Å². The van der Waals surface area contributed by atoms with E-state index in [-0.39, 0.29) is 5.41 Å². The minimum absolute atomic E-state index is 0.0330. The molecule has 54 valence electrons. The molecule has 0 aromatic heterocycles. The monoisotopic (exact) mass is 193 g/mol. The van der Waals surface area contributed by atoms with E-state index in [0.717, 1.165) is 11.0 Å². The number of alkyl halides is 1. The van der Waals surface area contributed by atoms with Crippen molar-refractivity contribution in [2.45, 2.75) is 20.8 Å². The molecule has 0 bridgehead atoms. The molecule has 2 nitrogen and oxygen atoms in total. The maximum Gasteiger partial charge on any atom is 0.0604 e. The van der Waals surface area contributed by atoms with Crippen LogP contribution in [0.5, 0.6) is 0 Å². The lowest BCUT2D eigenvalue weighted by Crippen LogP contribution is -2.22. The van der Waals surface area contributed by atoms with Gasteiger partial charge in [0, 0.05) is 10.7 Å². The molecular weight excluding hydrogens is 182 g/mol. The molecule has 3 heteroatoms. The maximum atomic E-state index is 8.37. The predicted octanol–water partition coefficient (Wildman–Crippen LogP) is 2.26. The fourth-order valence-electron chi connectivity index (χ4n) is 0.232. The number of hydrogen-bond donors (Lipinski definition) is 1. The fourth-order valence-corrected chi connectivity index (χ4v) is 0.638. The van der Waals surface area contributed by atoms with Crippen LogP contribution in [0.25, 0.3) is 0 Å². The van der Waals surface area contributed by atoms with Crippen molar-refractivity contribution in [3.63, 3.8) is 0 Å². The van der Waals surface area contributed by atoms with Crippen molar-refractivity contribution in [3.05, 3.63) is 0 Å². The second kappa shape index (κ2) is 3.20. The molecule has 0 fully saturated rings. The third-order valence-corrected chi connectivity index (χ3v) is 2.87. The lowest BCUT2D eigenvalue weighted by Gasteiger charge is -2.19. The van der Waals surface area contributed by atoms with Crippen LogP contribution in [-0.4, -0.2) is 16.2 Å². The smallest absolute Gasteiger partial charge is 0.0604 e. The summed E-state index contributed by atoms with van der Waals surface area (Å²) in [6.45, 7) is 5.83. The molecule has 0 saturated heterocycles. The van der Waals surface area contributed by atoms with Crippen LogP contribution < -0.4 is 0 Å². The topological polar surface area (TPSA) is 32.6 Å². The molecule has 0 unspecified atom stereocenters. The number of hydrogen-bond acceptors (Lipinski definition) is 2. The maximum absolute atomic E-state index is 8.37. The zero-order valence-electron chi connectivity index (χ0n) is 5.98. The van der Waals surface area contributed by atoms with Gasteiger partial charge in [-0.2, -0.15) is 0 Å². The van der Waals surface area contributed by atoms with Gasteiger partial charge in [-0.05, 0) is 6.92 Å². The Morgan fingerprint density at radius 2 is 2.11 bits per heavy atom. The molecule has 0 aromatic rings. The zero-order chi connectivity index (χ0) is 7.49. The fraction of sp³-hybridized carbons (Fsp3) is 0.833. The lowest BCUT2D eigenvalue weighted by molar-refractivity contribution is 0.311. The minimum atomic E-state index is -0.0330. The van der Waals surface area contributed by atoms with Crippen molar-refractivity contribution < 1.29 is 5.21 Å². The SMILES string of the molecule is CC(=NO)C(C)(C)CBr. The molecule has 1 N–H and O–H groups in total. The van der Waals surface area contributed by atoms with Crippen LogP contribution in [0.3, 0.4) is 0 Å². The zero-order valence-corrected chi connectivity index (χ0v) is 7.57. The molecule has 0 rings (SSSR count). The molecule has 0 saturated carbocycles. The number of halogens is 1. The average molecular weight is 194 g/mol. The van der Waals surface area contributed by atoms with E-state index < -0.39 is 0 Å². The van der Waals surface area contributed by atoms with E-state index in [4.69, 9.17) is 5.21 Å². The van der Waals surface area contributed by atoms with Crippen LogP contribution in [0.2, 0.25) is 0 Å². The average Bonchev–Trinajstić information content (AvgIpc) is 1.86. The van der Waals surface area contributed by atoms with Gasteiger partial charge in [-0.25, -0.2) is 0 Å². The summed E-state index contributed by atoms with van der Waals surface area (Å²) in [5.74, 6) is 0. The number of rotatable bonds is 2. The summed E-state index contributed by atoms with van der Waals surface area (Å²) < 4.78 is 0. The van der Waals surface area contributed by atoms with Crippen molar-refractivity contribution in [1.29, 1.82) is 0 Å². The molecule has 0 amide bonds. The Kier molecular flexibility index (Phi) is 3.18. The quantitative estimate of drug-likeness (QED) is 0.311. The van der Waals surface area contributed by atoms with Gasteiger partial charge >= 0.3 is 0 Å². The first-order valence-corrected chi connectivity index (χ1v) is 3.92. The Hall–Kier alpha value is -0.0500. The van der Waals surface area contributed by atoms with Crippen LogP contribution in [-0.2, 0) is 0 Å². The molecule has 0 spiro atoms. The van der Waals surface area contributed by atoms with Gasteiger partial charge in [0.2, 0.25) is 0 Å². The van der Waals surface area contributed by atoms with E-state index in [2.05, 4.69) is 21.1 Å². The first kappa shape index (κ1) is 8.95. The van der Waals surface area contributed by atoms with Crippen molar-refractivity contribution in [2.75, 3.05) is 5.33 Å². The number of nitrogens with zero attached hydrogens (tertiary/aromatic N) is 1. The molecule has 0 aromatic carbocycles. The van der Waals surface area contributed by atoms with E-state index >= 15 is 0 Å². The molecule has 0 aliphatic heterocycles. The minimum Gasteiger partial charge on any atom is -0.411 e. The Labute approximate surface area is 64.1 Å². The highest BCUT2D eigenvalue weighted by Crippen LogP contribution is 2.19. The van der Waals surface area contributed by atoms with Gasteiger partial charge < -0.3 is 5.21 Å². The van der Waals surface area contributed by atoms with Crippen molar-refractivity contribution in [2.24, 2.45) is 10.6 Å². The Morgan fingerprint density at radius 1 is 1.67 bits per heavy atom. The molecular formula is C6H12BrNO. The summed E-state index contributed by atoms with van der Waals surface area (Å²) >= 11 is 3.32. The van der Waals surface area contributed by atoms with E-state index in [1.165, 1.54) is 0 Å². The van der Waals surface area contributed by atoms with Gasteiger partial charge in [-0.3, -0.25) is 0 Å². The van der Waals surface area contributed by atoms with E-state index in [1.807, 2.05) is 13.8 Å². The molecule has 0 heterocycles. The van der Waals surface area contributed by atoms with Gasteiger partial charge in [0.15, 0.2) is 0 Å². The van der Waals surface area contributed by atoms with Crippen molar-refractivity contribution in [1.82, 2.24) is 0 Å². The second-order valence-corrected chi connectivity index (χ2v) is 3.26. The first-order chi connectivity index (χ1) is 4.04. The summed E-state index contributed by atoms with van der Waals surface area (Å²) in [5.41, 5.74) is 0.716. The van der Waals surface area contributed by atoms with Gasteiger partial charge in [-0.1, -0.05) is 34.9 Å². The van der Waals surface area contributed by atoms with Gasteiger partial charge in [0.25, 0.3) is 0 Å². The highest BCUT2D eigenvalue weighted by atomic mass is 79.9. The highest BCUT2D eigenvalue weighted by molar-refractivity contribution is 9.09. The second-order valence-electron chi connectivity index (χ2n) is 2.70. The summed E-state index contributed by atoms with van der Waals surface area (Å²) in [6.07, 6.45) is 0. The standard InChI is InChI=1S/C6H12BrNO/c1-5(8-9)6(2,3)4-7/h9H,4H2,1-3H3. The van der Waals surface area contributed by atoms with Crippen molar-refractivity contribution >= 4 is 21.6 Å². The normalized spacial score (nSPS) is 14.0. The lowest BCUT2D eigenvalue weighted by atomic mass is 9.91. The van der Waals surface area contributed by atoms with Gasteiger partial charge in [0.1, 0.15) is 0 Å². The van der Waals surface area contributed by atoms with Crippen LogP contribution in [0, 0.1) is 5.41 Å². The van der Waals surface area contributed by atoms with E-state index in [0.29, 0.717) is 0 Å². The summed E-state index contributed by atoms with van der Waals surface area (Å²) in [4.78, 5) is 0. The van der Waals surface area contributed by atoms with E-state index in [9.17, 15) is 0 Å². The molecule has 0 radical (unpaired) electrons. The largest absolute Gasteiger partial charge is 0.411 e.